The van der Waals surface area contributed by atoms with Gasteiger partial charge in [-0.2, -0.15) is 0 Å². The number of carbonyl (C=O) groups is 1. The Hall–Kier alpha value is -2.43. The van der Waals surface area contributed by atoms with E-state index in [0.29, 0.717) is 0 Å². The molecule has 0 saturated carbocycles. The van der Waals surface area contributed by atoms with Crippen LogP contribution in [-0.4, -0.2) is 5.91 Å². The predicted molar refractivity (Wildman–Crippen MR) is 61.4 cm³/mol. The normalized spacial score (nSPS) is 10.1. The molecule has 18 heavy (non-hydrogen) atoms. The molecule has 3 nitrogen and oxygen atoms in total. The van der Waals surface area contributed by atoms with Crippen molar-refractivity contribution in [3.05, 3.63) is 59.7 Å². The van der Waals surface area contributed by atoms with Crippen molar-refractivity contribution in [2.75, 3.05) is 0 Å². The van der Waals surface area contributed by atoms with E-state index in [-0.39, 0.29) is 17.1 Å². The zero-order chi connectivity index (χ0) is 13.1. The smallest absolute Gasteiger partial charge is 0.252 e. The van der Waals surface area contributed by atoms with Crippen molar-refractivity contribution in [3.8, 4) is 11.5 Å². The summed E-state index contributed by atoms with van der Waals surface area (Å²) in [7, 11) is 0. The quantitative estimate of drug-likeness (QED) is 0.909. The molecule has 0 aromatic heterocycles. The third-order valence-corrected chi connectivity index (χ3v) is 2.25. The van der Waals surface area contributed by atoms with Gasteiger partial charge in [-0.05, 0) is 36.4 Å². The first-order valence-electron chi connectivity index (χ1n) is 5.09. The number of rotatable bonds is 3. The lowest BCUT2D eigenvalue weighted by Crippen LogP contribution is -2.12. The Morgan fingerprint density at radius 2 is 1.61 bits per heavy atom. The standard InChI is InChI=1S/C13H9F2NO2/c14-8-1-4-10(5-2-8)18-12-7-9(15)3-6-11(12)13(16)17/h1-7H,(H2,16,17). The van der Waals surface area contributed by atoms with E-state index in [1.54, 1.807) is 0 Å². The van der Waals surface area contributed by atoms with Gasteiger partial charge in [0.1, 0.15) is 23.1 Å². The van der Waals surface area contributed by atoms with Crippen LogP contribution in [0.5, 0.6) is 11.5 Å². The van der Waals surface area contributed by atoms with Crippen molar-refractivity contribution in [3.63, 3.8) is 0 Å². The summed E-state index contributed by atoms with van der Waals surface area (Å²) < 4.78 is 31.1. The molecule has 0 bridgehead atoms. The number of carbonyl (C=O) groups excluding carboxylic acids is 1. The Morgan fingerprint density at radius 1 is 1.00 bits per heavy atom. The minimum atomic E-state index is -0.730. The molecule has 0 aliphatic heterocycles. The number of primary amides is 1. The summed E-state index contributed by atoms with van der Waals surface area (Å²) in [5.41, 5.74) is 5.20. The van der Waals surface area contributed by atoms with Crippen molar-refractivity contribution in [1.82, 2.24) is 0 Å². The molecule has 1 amide bonds. The zero-order valence-corrected chi connectivity index (χ0v) is 9.19. The SMILES string of the molecule is NC(=O)c1ccc(F)cc1Oc1ccc(F)cc1. The van der Waals surface area contributed by atoms with Gasteiger partial charge in [-0.25, -0.2) is 8.78 Å². The van der Waals surface area contributed by atoms with Crippen molar-refractivity contribution in [2.24, 2.45) is 5.73 Å². The van der Waals surface area contributed by atoms with Gasteiger partial charge in [0.05, 0.1) is 5.56 Å². The summed E-state index contributed by atoms with van der Waals surface area (Å²) in [6.07, 6.45) is 0. The van der Waals surface area contributed by atoms with Crippen LogP contribution in [-0.2, 0) is 0 Å². The highest BCUT2D eigenvalue weighted by Crippen LogP contribution is 2.26. The van der Waals surface area contributed by atoms with Crippen LogP contribution in [0.3, 0.4) is 0 Å². The maximum absolute atomic E-state index is 13.1. The fourth-order valence-electron chi connectivity index (χ4n) is 1.41. The largest absolute Gasteiger partial charge is 0.456 e. The first-order chi connectivity index (χ1) is 8.56. The number of halogens is 2. The fraction of sp³-hybridized carbons (Fsp3) is 0. The van der Waals surface area contributed by atoms with E-state index in [1.807, 2.05) is 0 Å². The number of hydrogen-bond acceptors (Lipinski definition) is 2. The van der Waals surface area contributed by atoms with E-state index >= 15 is 0 Å². The Balaban J connectivity index is 2.35. The third kappa shape index (κ3) is 2.63. The van der Waals surface area contributed by atoms with Crippen molar-refractivity contribution in [1.29, 1.82) is 0 Å². The van der Waals surface area contributed by atoms with Crippen LogP contribution in [0.1, 0.15) is 10.4 Å². The number of benzene rings is 2. The topological polar surface area (TPSA) is 52.3 Å². The molecule has 0 saturated heterocycles. The molecule has 0 atom stereocenters. The van der Waals surface area contributed by atoms with Gasteiger partial charge in [0.2, 0.25) is 0 Å². The Labute approximate surface area is 102 Å². The van der Waals surface area contributed by atoms with E-state index in [2.05, 4.69) is 0 Å². The Morgan fingerprint density at radius 3 is 2.22 bits per heavy atom. The molecule has 0 aliphatic carbocycles. The second-order valence-electron chi connectivity index (χ2n) is 3.56. The van der Waals surface area contributed by atoms with Crippen LogP contribution in [0.2, 0.25) is 0 Å². The monoisotopic (exact) mass is 249 g/mol. The lowest BCUT2D eigenvalue weighted by molar-refractivity contribution is 0.0998. The molecule has 0 fully saturated rings. The summed E-state index contributed by atoms with van der Waals surface area (Å²) >= 11 is 0. The van der Waals surface area contributed by atoms with Crippen LogP contribution >= 0.6 is 0 Å². The molecule has 0 spiro atoms. The molecule has 2 aromatic carbocycles. The highest BCUT2D eigenvalue weighted by atomic mass is 19.1. The van der Waals surface area contributed by atoms with E-state index in [1.165, 1.54) is 30.3 Å². The predicted octanol–water partition coefficient (Wildman–Crippen LogP) is 2.86. The first kappa shape index (κ1) is 12.0. The van der Waals surface area contributed by atoms with Crippen LogP contribution in [0, 0.1) is 11.6 Å². The lowest BCUT2D eigenvalue weighted by atomic mass is 10.2. The van der Waals surface area contributed by atoms with Crippen LogP contribution in [0.15, 0.2) is 42.5 Å². The molecular formula is C13H9F2NO2. The lowest BCUT2D eigenvalue weighted by Gasteiger charge is -2.09. The van der Waals surface area contributed by atoms with Gasteiger partial charge in [0.25, 0.3) is 5.91 Å². The maximum atomic E-state index is 13.1. The molecule has 92 valence electrons. The van der Waals surface area contributed by atoms with E-state index in [9.17, 15) is 13.6 Å². The fourth-order valence-corrected chi connectivity index (χ4v) is 1.41. The molecule has 0 heterocycles. The minimum absolute atomic E-state index is 0.00546. The summed E-state index contributed by atoms with van der Waals surface area (Å²) in [6, 6.07) is 8.50. The second kappa shape index (κ2) is 4.83. The molecule has 2 N–H and O–H groups in total. The van der Waals surface area contributed by atoms with Crippen molar-refractivity contribution < 1.29 is 18.3 Å². The summed E-state index contributed by atoms with van der Waals surface area (Å²) in [5.74, 6) is -1.43. The van der Waals surface area contributed by atoms with Gasteiger partial charge in [-0.3, -0.25) is 4.79 Å². The van der Waals surface area contributed by atoms with E-state index in [0.717, 1.165) is 12.1 Å². The zero-order valence-electron chi connectivity index (χ0n) is 9.19. The van der Waals surface area contributed by atoms with Crippen molar-refractivity contribution >= 4 is 5.91 Å². The first-order valence-corrected chi connectivity index (χ1v) is 5.09. The molecule has 2 rings (SSSR count). The number of hydrogen-bond donors (Lipinski definition) is 1. The maximum Gasteiger partial charge on any atom is 0.252 e. The van der Waals surface area contributed by atoms with Crippen LogP contribution < -0.4 is 10.5 Å². The number of amides is 1. The van der Waals surface area contributed by atoms with Gasteiger partial charge in [0.15, 0.2) is 0 Å². The summed E-state index contributed by atoms with van der Waals surface area (Å²) in [6.45, 7) is 0. The molecular weight excluding hydrogens is 240 g/mol. The number of ether oxygens (including phenoxy) is 1. The second-order valence-corrected chi connectivity index (χ2v) is 3.56. The molecule has 2 aromatic rings. The van der Waals surface area contributed by atoms with Crippen molar-refractivity contribution in [2.45, 2.75) is 0 Å². The molecule has 5 heteroatoms. The highest BCUT2D eigenvalue weighted by molar-refractivity contribution is 5.95. The average Bonchev–Trinajstić information content (AvgIpc) is 2.32. The van der Waals surface area contributed by atoms with Gasteiger partial charge in [-0.15, -0.1) is 0 Å². The van der Waals surface area contributed by atoms with E-state index < -0.39 is 17.5 Å². The minimum Gasteiger partial charge on any atom is -0.456 e. The Kier molecular flexibility index (Phi) is 3.23. The average molecular weight is 249 g/mol. The van der Waals surface area contributed by atoms with Crippen LogP contribution in [0.4, 0.5) is 8.78 Å². The van der Waals surface area contributed by atoms with Gasteiger partial charge in [-0.1, -0.05) is 0 Å². The summed E-state index contributed by atoms with van der Waals surface area (Å²) in [4.78, 5) is 11.1. The van der Waals surface area contributed by atoms with Gasteiger partial charge in [0, 0.05) is 6.07 Å². The molecule has 0 unspecified atom stereocenters. The van der Waals surface area contributed by atoms with Crippen LogP contribution in [0.25, 0.3) is 0 Å². The Bertz CT molecular complexity index is 582. The molecule has 0 aliphatic rings. The van der Waals surface area contributed by atoms with Gasteiger partial charge >= 0.3 is 0 Å². The third-order valence-electron chi connectivity index (χ3n) is 2.25. The van der Waals surface area contributed by atoms with E-state index in [4.69, 9.17) is 10.5 Å². The highest BCUT2D eigenvalue weighted by Gasteiger charge is 2.11. The number of nitrogens with two attached hydrogens (primary N) is 1. The molecule has 0 radical (unpaired) electrons. The summed E-state index contributed by atoms with van der Waals surface area (Å²) in [5, 5.41) is 0. The van der Waals surface area contributed by atoms with Gasteiger partial charge < -0.3 is 10.5 Å².